The van der Waals surface area contributed by atoms with Gasteiger partial charge in [0.25, 0.3) is 3.90 Å². The number of halogens is 1. The van der Waals surface area contributed by atoms with Crippen molar-refractivity contribution in [1.82, 2.24) is 10.2 Å². The van der Waals surface area contributed by atoms with Gasteiger partial charge in [-0.15, -0.1) is 10.2 Å². The van der Waals surface area contributed by atoms with Gasteiger partial charge in [0.15, 0.2) is 0 Å². The largest absolute Gasteiger partial charge is 0.416 e. The lowest BCUT2D eigenvalue weighted by Gasteiger charge is -2.26. The molecule has 1 aromatic carbocycles. The van der Waals surface area contributed by atoms with Gasteiger partial charge < -0.3 is 4.42 Å². The Labute approximate surface area is 94.7 Å². The highest BCUT2D eigenvalue weighted by Gasteiger charge is 2.31. The molecule has 1 aliphatic rings. The summed E-state index contributed by atoms with van der Waals surface area (Å²) in [5.74, 6) is 1.07. The summed E-state index contributed by atoms with van der Waals surface area (Å²) in [7, 11) is 0. The predicted molar refractivity (Wildman–Crippen MR) is 59.0 cm³/mol. The highest BCUT2D eigenvalue weighted by atomic mass is 127. The molecule has 1 unspecified atom stereocenters. The van der Waals surface area contributed by atoms with Crippen LogP contribution >= 0.6 is 22.6 Å². The SMILES string of the molecule is Ic1nnc(C2Cc3ccccc32)o1. The number of benzene rings is 1. The van der Waals surface area contributed by atoms with E-state index in [4.69, 9.17) is 4.42 Å². The van der Waals surface area contributed by atoms with Gasteiger partial charge in [-0.2, -0.15) is 0 Å². The first-order valence-corrected chi connectivity index (χ1v) is 5.49. The molecule has 0 bridgehead atoms. The Kier molecular flexibility index (Phi) is 1.83. The van der Waals surface area contributed by atoms with Crippen LogP contribution in [0.15, 0.2) is 28.7 Å². The standard InChI is InChI=1S/C10H7IN2O/c11-10-13-12-9(14-10)8-5-6-3-1-2-4-7(6)8/h1-4,8H,5H2. The predicted octanol–water partition coefficient (Wildman–Crippen LogP) is 2.36. The zero-order chi connectivity index (χ0) is 9.54. The second kappa shape index (κ2) is 3.05. The molecule has 0 spiro atoms. The molecule has 0 saturated heterocycles. The Bertz CT molecular complexity index is 480. The fourth-order valence-corrected chi connectivity index (χ4v) is 2.17. The van der Waals surface area contributed by atoms with E-state index in [2.05, 4.69) is 28.4 Å². The highest BCUT2D eigenvalue weighted by molar-refractivity contribution is 14.1. The summed E-state index contributed by atoms with van der Waals surface area (Å²) < 4.78 is 6.02. The van der Waals surface area contributed by atoms with Crippen LogP contribution in [0, 0.1) is 3.90 Å². The number of aromatic nitrogens is 2. The zero-order valence-electron chi connectivity index (χ0n) is 7.27. The van der Waals surface area contributed by atoms with Crippen LogP contribution in [-0.2, 0) is 6.42 Å². The fraction of sp³-hybridized carbons (Fsp3) is 0.200. The summed E-state index contributed by atoms with van der Waals surface area (Å²) in [6.45, 7) is 0. The Morgan fingerprint density at radius 3 is 2.86 bits per heavy atom. The van der Waals surface area contributed by atoms with Gasteiger partial charge in [-0.05, 0) is 17.5 Å². The highest BCUT2D eigenvalue weighted by Crippen LogP contribution is 2.39. The van der Waals surface area contributed by atoms with E-state index in [-0.39, 0.29) is 0 Å². The molecule has 2 aromatic rings. The summed E-state index contributed by atoms with van der Waals surface area (Å²) in [6, 6.07) is 8.38. The lowest BCUT2D eigenvalue weighted by molar-refractivity contribution is 0.432. The van der Waals surface area contributed by atoms with Gasteiger partial charge in [0.05, 0.1) is 5.92 Å². The second-order valence-electron chi connectivity index (χ2n) is 3.35. The van der Waals surface area contributed by atoms with E-state index in [1.807, 2.05) is 28.7 Å². The van der Waals surface area contributed by atoms with Crippen LogP contribution in [0.2, 0.25) is 0 Å². The van der Waals surface area contributed by atoms with Crippen LogP contribution in [0.25, 0.3) is 0 Å². The third kappa shape index (κ3) is 1.17. The van der Waals surface area contributed by atoms with Crippen LogP contribution in [0.5, 0.6) is 0 Å². The number of fused-ring (bicyclic) bond motifs is 1. The van der Waals surface area contributed by atoms with E-state index in [9.17, 15) is 0 Å². The fourth-order valence-electron chi connectivity index (χ4n) is 1.84. The summed E-state index contributed by atoms with van der Waals surface area (Å²) in [5, 5.41) is 7.87. The molecule has 0 N–H and O–H groups in total. The smallest absolute Gasteiger partial charge is 0.278 e. The summed E-state index contributed by atoms with van der Waals surface area (Å²) in [5.41, 5.74) is 2.72. The van der Waals surface area contributed by atoms with Gasteiger partial charge >= 0.3 is 0 Å². The van der Waals surface area contributed by atoms with Gasteiger partial charge in [0.1, 0.15) is 0 Å². The molecule has 0 aliphatic heterocycles. The van der Waals surface area contributed by atoms with Crippen LogP contribution in [0.4, 0.5) is 0 Å². The van der Waals surface area contributed by atoms with E-state index in [1.54, 1.807) is 0 Å². The van der Waals surface area contributed by atoms with Crippen LogP contribution in [-0.4, -0.2) is 10.2 Å². The van der Waals surface area contributed by atoms with E-state index in [0.717, 1.165) is 12.3 Å². The van der Waals surface area contributed by atoms with Crippen molar-refractivity contribution in [2.24, 2.45) is 0 Å². The maximum Gasteiger partial charge on any atom is 0.278 e. The number of nitrogens with zero attached hydrogens (tertiary/aromatic N) is 2. The van der Waals surface area contributed by atoms with E-state index in [1.165, 1.54) is 11.1 Å². The molecule has 4 heteroatoms. The molecule has 3 rings (SSSR count). The molecule has 1 atom stereocenters. The molecule has 0 radical (unpaired) electrons. The van der Waals surface area contributed by atoms with Crippen molar-refractivity contribution in [2.45, 2.75) is 12.3 Å². The minimum Gasteiger partial charge on any atom is -0.416 e. The van der Waals surface area contributed by atoms with Crippen LogP contribution < -0.4 is 0 Å². The Morgan fingerprint density at radius 1 is 1.29 bits per heavy atom. The number of hydrogen-bond acceptors (Lipinski definition) is 3. The molecular weight excluding hydrogens is 291 g/mol. The monoisotopic (exact) mass is 298 g/mol. The van der Waals surface area contributed by atoms with Gasteiger partial charge in [-0.25, -0.2) is 0 Å². The van der Waals surface area contributed by atoms with E-state index >= 15 is 0 Å². The minimum atomic E-state index is 0.321. The normalized spacial score (nSPS) is 18.8. The summed E-state index contributed by atoms with van der Waals surface area (Å²) in [6.07, 6.45) is 1.02. The van der Waals surface area contributed by atoms with Crippen molar-refractivity contribution >= 4 is 22.6 Å². The van der Waals surface area contributed by atoms with Gasteiger partial charge in [-0.1, -0.05) is 24.3 Å². The molecule has 3 nitrogen and oxygen atoms in total. The summed E-state index contributed by atoms with van der Waals surface area (Å²) >= 11 is 2.03. The quantitative estimate of drug-likeness (QED) is 0.759. The lowest BCUT2D eigenvalue weighted by Crippen LogP contribution is -2.18. The van der Waals surface area contributed by atoms with Crippen LogP contribution in [0.3, 0.4) is 0 Å². The van der Waals surface area contributed by atoms with E-state index < -0.39 is 0 Å². The molecule has 14 heavy (non-hydrogen) atoms. The van der Waals surface area contributed by atoms with Crippen LogP contribution in [0.1, 0.15) is 22.9 Å². The molecule has 0 amide bonds. The first-order valence-electron chi connectivity index (χ1n) is 4.41. The van der Waals surface area contributed by atoms with Crippen molar-refractivity contribution in [3.05, 3.63) is 45.2 Å². The third-order valence-electron chi connectivity index (χ3n) is 2.57. The number of rotatable bonds is 1. The maximum absolute atomic E-state index is 5.41. The topological polar surface area (TPSA) is 38.9 Å². The zero-order valence-corrected chi connectivity index (χ0v) is 9.43. The Morgan fingerprint density at radius 2 is 2.14 bits per heavy atom. The maximum atomic E-state index is 5.41. The van der Waals surface area contributed by atoms with E-state index in [0.29, 0.717) is 9.82 Å². The Balaban J connectivity index is 1.99. The minimum absolute atomic E-state index is 0.321. The van der Waals surface area contributed by atoms with Crippen molar-refractivity contribution in [2.75, 3.05) is 0 Å². The number of hydrogen-bond donors (Lipinski definition) is 0. The first-order chi connectivity index (χ1) is 6.84. The molecule has 1 aliphatic carbocycles. The molecule has 1 aromatic heterocycles. The van der Waals surface area contributed by atoms with Crippen molar-refractivity contribution in [3.8, 4) is 0 Å². The molecule has 70 valence electrons. The first kappa shape index (κ1) is 8.40. The third-order valence-corrected chi connectivity index (χ3v) is 3.00. The van der Waals surface area contributed by atoms with Gasteiger partial charge in [0.2, 0.25) is 5.89 Å². The average molecular weight is 298 g/mol. The lowest BCUT2D eigenvalue weighted by atomic mass is 9.78. The molecule has 1 heterocycles. The molecular formula is C10H7IN2O. The van der Waals surface area contributed by atoms with Gasteiger partial charge in [-0.3, -0.25) is 0 Å². The average Bonchev–Trinajstić information content (AvgIpc) is 2.54. The molecule has 0 fully saturated rings. The van der Waals surface area contributed by atoms with Crippen molar-refractivity contribution in [3.63, 3.8) is 0 Å². The van der Waals surface area contributed by atoms with Crippen molar-refractivity contribution in [1.29, 1.82) is 0 Å². The second-order valence-corrected chi connectivity index (χ2v) is 4.27. The Hall–Kier alpha value is -0.910. The van der Waals surface area contributed by atoms with Crippen molar-refractivity contribution < 1.29 is 4.42 Å². The summed E-state index contributed by atoms with van der Waals surface area (Å²) in [4.78, 5) is 0. The van der Waals surface area contributed by atoms with Gasteiger partial charge in [0, 0.05) is 22.6 Å². The molecule has 0 saturated carbocycles.